The molecule has 1 heterocycles. The van der Waals surface area contributed by atoms with Gasteiger partial charge in [0.15, 0.2) is 5.82 Å². The van der Waals surface area contributed by atoms with Crippen LogP contribution in [0, 0.1) is 0 Å². The molecule has 0 bridgehead atoms. The average molecular weight is 223 g/mol. The van der Waals surface area contributed by atoms with Crippen LogP contribution in [-0.4, -0.2) is 34.3 Å². The smallest absolute Gasteiger partial charge is 0.247 e. The van der Waals surface area contributed by atoms with E-state index in [1.165, 1.54) is 0 Å². The number of anilines is 2. The van der Waals surface area contributed by atoms with Gasteiger partial charge in [0.1, 0.15) is 0 Å². The van der Waals surface area contributed by atoms with Crippen molar-refractivity contribution in [3.8, 4) is 0 Å². The zero-order valence-corrected chi connectivity index (χ0v) is 10.6. The highest BCUT2D eigenvalue weighted by Gasteiger charge is 2.07. The van der Waals surface area contributed by atoms with E-state index in [2.05, 4.69) is 53.1 Å². The summed E-state index contributed by atoms with van der Waals surface area (Å²) in [5.41, 5.74) is 0. The second-order valence-electron chi connectivity index (χ2n) is 3.77. The normalized spacial score (nSPS) is 12.2. The van der Waals surface area contributed by atoms with Gasteiger partial charge in [-0.2, -0.15) is 10.1 Å². The highest BCUT2D eigenvalue weighted by atomic mass is 15.3. The number of hydrogen-bond donors (Lipinski definition) is 1. The molecule has 0 saturated carbocycles. The minimum atomic E-state index is 0.404. The molecule has 1 unspecified atom stereocenters. The lowest BCUT2D eigenvalue weighted by molar-refractivity contribution is 0.747. The summed E-state index contributed by atoms with van der Waals surface area (Å²) in [6.45, 7) is 10.2. The number of hydrogen-bond acceptors (Lipinski definition) is 5. The third kappa shape index (κ3) is 3.32. The Labute approximate surface area is 97.3 Å². The molecule has 0 aliphatic rings. The molecule has 0 fully saturated rings. The first-order valence-electron chi connectivity index (χ1n) is 5.92. The van der Waals surface area contributed by atoms with Gasteiger partial charge in [0.25, 0.3) is 0 Å². The van der Waals surface area contributed by atoms with E-state index in [1.807, 2.05) is 0 Å². The van der Waals surface area contributed by atoms with Gasteiger partial charge in [0, 0.05) is 19.1 Å². The highest BCUT2D eigenvalue weighted by Crippen LogP contribution is 2.10. The molecule has 0 radical (unpaired) electrons. The van der Waals surface area contributed by atoms with Gasteiger partial charge in [-0.1, -0.05) is 6.92 Å². The SMILES string of the molecule is CCC(C)Nc1cnnc(N(CC)CC)n1. The van der Waals surface area contributed by atoms with E-state index in [0.717, 1.165) is 25.3 Å². The van der Waals surface area contributed by atoms with Crippen molar-refractivity contribution in [3.63, 3.8) is 0 Å². The second kappa shape index (κ2) is 6.25. The van der Waals surface area contributed by atoms with E-state index in [-0.39, 0.29) is 0 Å². The Morgan fingerprint density at radius 3 is 2.56 bits per heavy atom. The van der Waals surface area contributed by atoms with Crippen LogP contribution in [0.4, 0.5) is 11.8 Å². The van der Waals surface area contributed by atoms with Crippen LogP contribution in [0.2, 0.25) is 0 Å². The van der Waals surface area contributed by atoms with Crippen LogP contribution in [0.15, 0.2) is 6.20 Å². The predicted molar refractivity (Wildman–Crippen MR) is 66.8 cm³/mol. The summed E-state index contributed by atoms with van der Waals surface area (Å²) in [6.07, 6.45) is 2.73. The van der Waals surface area contributed by atoms with Gasteiger partial charge in [-0.25, -0.2) is 0 Å². The summed E-state index contributed by atoms with van der Waals surface area (Å²) in [7, 11) is 0. The average Bonchev–Trinajstić information content (AvgIpc) is 2.31. The molecule has 0 aromatic carbocycles. The summed E-state index contributed by atoms with van der Waals surface area (Å²) < 4.78 is 0. The van der Waals surface area contributed by atoms with Gasteiger partial charge in [-0.05, 0) is 27.2 Å². The minimum Gasteiger partial charge on any atom is -0.366 e. The lowest BCUT2D eigenvalue weighted by Gasteiger charge is -2.19. The summed E-state index contributed by atoms with van der Waals surface area (Å²) in [6, 6.07) is 0.404. The molecule has 1 atom stereocenters. The molecule has 0 aliphatic carbocycles. The molecule has 0 spiro atoms. The lowest BCUT2D eigenvalue weighted by atomic mass is 10.3. The van der Waals surface area contributed by atoms with Crippen LogP contribution < -0.4 is 10.2 Å². The summed E-state index contributed by atoms with van der Waals surface area (Å²) in [4.78, 5) is 6.52. The monoisotopic (exact) mass is 223 g/mol. The van der Waals surface area contributed by atoms with Gasteiger partial charge < -0.3 is 10.2 Å². The van der Waals surface area contributed by atoms with Gasteiger partial charge in [-0.3, -0.25) is 0 Å². The Kier molecular flexibility index (Phi) is 4.95. The van der Waals surface area contributed by atoms with Crippen LogP contribution in [0.1, 0.15) is 34.1 Å². The molecule has 1 aromatic rings. The quantitative estimate of drug-likeness (QED) is 0.798. The minimum absolute atomic E-state index is 0.404. The van der Waals surface area contributed by atoms with Gasteiger partial charge in [-0.15, -0.1) is 5.10 Å². The Balaban J connectivity index is 2.77. The molecule has 1 rings (SSSR count). The van der Waals surface area contributed by atoms with Crippen molar-refractivity contribution >= 4 is 11.8 Å². The first kappa shape index (κ1) is 12.7. The highest BCUT2D eigenvalue weighted by molar-refractivity contribution is 5.39. The Bertz CT molecular complexity index is 311. The fourth-order valence-corrected chi connectivity index (χ4v) is 1.36. The van der Waals surface area contributed by atoms with E-state index < -0.39 is 0 Å². The Hall–Kier alpha value is -1.39. The molecule has 0 amide bonds. The molecule has 5 nitrogen and oxygen atoms in total. The van der Waals surface area contributed by atoms with Crippen molar-refractivity contribution in [2.24, 2.45) is 0 Å². The van der Waals surface area contributed by atoms with E-state index in [9.17, 15) is 0 Å². The number of aromatic nitrogens is 3. The summed E-state index contributed by atoms with van der Waals surface area (Å²) in [5, 5.41) is 11.3. The zero-order chi connectivity index (χ0) is 12.0. The van der Waals surface area contributed by atoms with Crippen LogP contribution in [0.5, 0.6) is 0 Å². The van der Waals surface area contributed by atoms with E-state index in [1.54, 1.807) is 6.20 Å². The van der Waals surface area contributed by atoms with Crippen molar-refractivity contribution in [2.75, 3.05) is 23.3 Å². The van der Waals surface area contributed by atoms with Crippen LogP contribution in [0.25, 0.3) is 0 Å². The fraction of sp³-hybridized carbons (Fsp3) is 0.727. The maximum absolute atomic E-state index is 4.44. The van der Waals surface area contributed by atoms with E-state index in [0.29, 0.717) is 12.0 Å². The van der Waals surface area contributed by atoms with Gasteiger partial charge in [0.05, 0.1) is 6.20 Å². The van der Waals surface area contributed by atoms with E-state index in [4.69, 9.17) is 0 Å². The maximum Gasteiger partial charge on any atom is 0.247 e. The van der Waals surface area contributed by atoms with Crippen molar-refractivity contribution in [1.29, 1.82) is 0 Å². The molecule has 1 N–H and O–H groups in total. The molecule has 1 aromatic heterocycles. The predicted octanol–water partition coefficient (Wildman–Crippen LogP) is 1.93. The topological polar surface area (TPSA) is 53.9 Å². The Morgan fingerprint density at radius 1 is 1.31 bits per heavy atom. The molecule has 90 valence electrons. The standard InChI is InChI=1S/C11H21N5/c1-5-9(4)13-10-8-12-15-11(14-10)16(6-2)7-3/h8-9H,5-7H2,1-4H3,(H,13,14,15). The maximum atomic E-state index is 4.44. The third-order valence-corrected chi connectivity index (χ3v) is 2.60. The zero-order valence-electron chi connectivity index (χ0n) is 10.6. The van der Waals surface area contributed by atoms with Crippen molar-refractivity contribution in [2.45, 2.75) is 40.2 Å². The molecule has 0 aliphatic heterocycles. The number of nitrogens with zero attached hydrogens (tertiary/aromatic N) is 4. The van der Waals surface area contributed by atoms with Crippen molar-refractivity contribution in [1.82, 2.24) is 15.2 Å². The fourth-order valence-electron chi connectivity index (χ4n) is 1.36. The molecule has 5 heteroatoms. The van der Waals surface area contributed by atoms with Gasteiger partial charge >= 0.3 is 0 Å². The molecule has 0 saturated heterocycles. The number of rotatable bonds is 6. The lowest BCUT2D eigenvalue weighted by Crippen LogP contribution is -2.25. The number of nitrogens with one attached hydrogen (secondary N) is 1. The Morgan fingerprint density at radius 2 is 2.00 bits per heavy atom. The third-order valence-electron chi connectivity index (χ3n) is 2.60. The van der Waals surface area contributed by atoms with Crippen molar-refractivity contribution in [3.05, 3.63) is 6.20 Å². The first-order chi connectivity index (χ1) is 7.71. The largest absolute Gasteiger partial charge is 0.366 e. The van der Waals surface area contributed by atoms with Crippen LogP contribution in [-0.2, 0) is 0 Å². The molecular formula is C11H21N5. The van der Waals surface area contributed by atoms with Crippen molar-refractivity contribution < 1.29 is 0 Å². The van der Waals surface area contributed by atoms with Gasteiger partial charge in [0.2, 0.25) is 5.95 Å². The second-order valence-corrected chi connectivity index (χ2v) is 3.77. The molecule has 16 heavy (non-hydrogen) atoms. The summed E-state index contributed by atoms with van der Waals surface area (Å²) >= 11 is 0. The molecular weight excluding hydrogens is 202 g/mol. The van der Waals surface area contributed by atoms with E-state index >= 15 is 0 Å². The van der Waals surface area contributed by atoms with Crippen LogP contribution >= 0.6 is 0 Å². The van der Waals surface area contributed by atoms with Crippen LogP contribution in [0.3, 0.4) is 0 Å². The summed E-state index contributed by atoms with van der Waals surface area (Å²) in [5.74, 6) is 1.49. The first-order valence-corrected chi connectivity index (χ1v) is 5.92.